The SMILES string of the molecule is C=C/C=C(/CCO)SC(=O)OC. The van der Waals surface area contributed by atoms with Crippen LogP contribution in [0, 0.1) is 0 Å². The number of aliphatic hydroxyl groups is 1. The number of hydrogen-bond acceptors (Lipinski definition) is 4. The molecule has 0 unspecified atom stereocenters. The van der Waals surface area contributed by atoms with Crippen molar-refractivity contribution < 1.29 is 14.6 Å². The van der Waals surface area contributed by atoms with Gasteiger partial charge in [0, 0.05) is 13.0 Å². The fourth-order valence-corrected chi connectivity index (χ4v) is 1.21. The van der Waals surface area contributed by atoms with Crippen molar-refractivity contribution in [3.63, 3.8) is 0 Å². The largest absolute Gasteiger partial charge is 0.461 e. The highest BCUT2D eigenvalue weighted by Gasteiger charge is 2.04. The van der Waals surface area contributed by atoms with E-state index in [1.165, 1.54) is 7.11 Å². The Hall–Kier alpha value is -0.740. The number of thioether (sulfide) groups is 1. The molecule has 12 heavy (non-hydrogen) atoms. The van der Waals surface area contributed by atoms with Crippen LogP contribution < -0.4 is 0 Å². The molecule has 68 valence electrons. The zero-order valence-electron chi connectivity index (χ0n) is 6.95. The third-order valence-corrected chi connectivity index (χ3v) is 1.98. The second-order valence-electron chi connectivity index (χ2n) is 1.90. The Kier molecular flexibility index (Phi) is 6.51. The van der Waals surface area contributed by atoms with Gasteiger partial charge in [0.05, 0.1) is 7.11 Å². The van der Waals surface area contributed by atoms with Crippen LogP contribution in [-0.2, 0) is 4.74 Å². The molecular formula is C8H12O3S. The summed E-state index contributed by atoms with van der Waals surface area (Å²) >= 11 is 0.963. The molecule has 0 aromatic rings. The van der Waals surface area contributed by atoms with E-state index in [-0.39, 0.29) is 11.9 Å². The molecule has 0 radical (unpaired) electrons. The first kappa shape index (κ1) is 11.3. The van der Waals surface area contributed by atoms with E-state index in [4.69, 9.17) is 5.11 Å². The van der Waals surface area contributed by atoms with E-state index in [2.05, 4.69) is 11.3 Å². The topological polar surface area (TPSA) is 46.5 Å². The third kappa shape index (κ3) is 4.98. The molecule has 0 aliphatic carbocycles. The van der Waals surface area contributed by atoms with Gasteiger partial charge in [0.25, 0.3) is 0 Å². The lowest BCUT2D eigenvalue weighted by Crippen LogP contribution is -1.93. The number of hydrogen-bond donors (Lipinski definition) is 1. The van der Waals surface area contributed by atoms with Crippen molar-refractivity contribution in [2.24, 2.45) is 0 Å². The molecular weight excluding hydrogens is 176 g/mol. The number of allylic oxidation sites excluding steroid dienone is 2. The standard InChI is InChI=1S/C8H12O3S/c1-3-4-7(5-6-9)12-8(10)11-2/h3-4,9H,1,5-6H2,2H3/b7-4-. The highest BCUT2D eigenvalue weighted by molar-refractivity contribution is 8.16. The van der Waals surface area contributed by atoms with Gasteiger partial charge in [0.2, 0.25) is 0 Å². The van der Waals surface area contributed by atoms with E-state index >= 15 is 0 Å². The van der Waals surface area contributed by atoms with Gasteiger partial charge in [-0.25, -0.2) is 4.79 Å². The molecule has 0 amide bonds. The minimum Gasteiger partial charge on any atom is -0.461 e. The van der Waals surface area contributed by atoms with Crippen LogP contribution in [0.2, 0.25) is 0 Å². The van der Waals surface area contributed by atoms with Crippen LogP contribution >= 0.6 is 11.8 Å². The maximum Gasteiger partial charge on any atom is 0.371 e. The average Bonchev–Trinajstić information content (AvgIpc) is 2.05. The Morgan fingerprint density at radius 1 is 1.75 bits per heavy atom. The first-order chi connectivity index (χ1) is 5.74. The Morgan fingerprint density at radius 2 is 2.42 bits per heavy atom. The fourth-order valence-electron chi connectivity index (χ4n) is 0.559. The van der Waals surface area contributed by atoms with Gasteiger partial charge in [-0.1, -0.05) is 18.7 Å². The molecule has 0 saturated heterocycles. The van der Waals surface area contributed by atoms with Crippen molar-refractivity contribution in [2.75, 3.05) is 13.7 Å². The second-order valence-corrected chi connectivity index (χ2v) is 2.96. The molecule has 3 nitrogen and oxygen atoms in total. The highest BCUT2D eigenvalue weighted by Crippen LogP contribution is 2.20. The van der Waals surface area contributed by atoms with Gasteiger partial charge < -0.3 is 9.84 Å². The fraction of sp³-hybridized carbons (Fsp3) is 0.375. The molecule has 4 heteroatoms. The van der Waals surface area contributed by atoms with Crippen LogP contribution in [0.4, 0.5) is 4.79 Å². The lowest BCUT2D eigenvalue weighted by Gasteiger charge is -2.01. The van der Waals surface area contributed by atoms with Crippen molar-refractivity contribution in [1.29, 1.82) is 0 Å². The lowest BCUT2D eigenvalue weighted by atomic mass is 10.4. The number of aliphatic hydroxyl groups excluding tert-OH is 1. The van der Waals surface area contributed by atoms with E-state index in [1.807, 2.05) is 0 Å². The molecule has 0 aromatic carbocycles. The van der Waals surface area contributed by atoms with Crippen molar-refractivity contribution >= 4 is 17.1 Å². The predicted molar refractivity (Wildman–Crippen MR) is 50.0 cm³/mol. The van der Waals surface area contributed by atoms with Gasteiger partial charge in [-0.2, -0.15) is 0 Å². The zero-order chi connectivity index (χ0) is 9.40. The summed E-state index contributed by atoms with van der Waals surface area (Å²) in [5, 5.41) is 8.23. The summed E-state index contributed by atoms with van der Waals surface area (Å²) in [6.45, 7) is 3.51. The number of ether oxygens (including phenoxy) is 1. The van der Waals surface area contributed by atoms with E-state index in [0.29, 0.717) is 6.42 Å². The van der Waals surface area contributed by atoms with Crippen LogP contribution in [0.25, 0.3) is 0 Å². The maximum absolute atomic E-state index is 10.8. The Bertz CT molecular complexity index is 187. The molecule has 0 rings (SSSR count). The number of carbonyl (C=O) groups excluding carboxylic acids is 1. The molecule has 0 atom stereocenters. The van der Waals surface area contributed by atoms with E-state index in [1.54, 1.807) is 12.2 Å². The summed E-state index contributed by atoms with van der Waals surface area (Å²) in [6.07, 6.45) is 3.70. The average molecular weight is 188 g/mol. The quantitative estimate of drug-likeness (QED) is 0.541. The molecule has 0 aromatic heterocycles. The molecule has 0 aliphatic heterocycles. The van der Waals surface area contributed by atoms with E-state index in [0.717, 1.165) is 16.7 Å². The normalized spacial score (nSPS) is 11.0. The first-order valence-electron chi connectivity index (χ1n) is 3.42. The number of methoxy groups -OCH3 is 1. The van der Waals surface area contributed by atoms with E-state index < -0.39 is 0 Å². The first-order valence-corrected chi connectivity index (χ1v) is 4.24. The summed E-state index contributed by atoms with van der Waals surface area (Å²) in [4.78, 5) is 11.5. The molecule has 0 heterocycles. The van der Waals surface area contributed by atoms with Gasteiger partial charge >= 0.3 is 5.30 Å². The Labute approximate surface area is 76.1 Å². The molecule has 0 fully saturated rings. The highest BCUT2D eigenvalue weighted by atomic mass is 32.2. The summed E-state index contributed by atoms with van der Waals surface area (Å²) in [5.74, 6) is 0. The smallest absolute Gasteiger partial charge is 0.371 e. The summed E-state index contributed by atoms with van der Waals surface area (Å²) in [5.41, 5.74) is 0. The minimum atomic E-state index is -0.378. The van der Waals surface area contributed by atoms with Crippen molar-refractivity contribution in [3.8, 4) is 0 Å². The maximum atomic E-state index is 10.8. The summed E-state index contributed by atoms with van der Waals surface area (Å²) in [7, 11) is 1.32. The van der Waals surface area contributed by atoms with Gasteiger partial charge in [-0.15, -0.1) is 0 Å². The van der Waals surface area contributed by atoms with Crippen molar-refractivity contribution in [1.82, 2.24) is 0 Å². The monoisotopic (exact) mass is 188 g/mol. The van der Waals surface area contributed by atoms with E-state index in [9.17, 15) is 4.79 Å². The lowest BCUT2D eigenvalue weighted by molar-refractivity contribution is 0.200. The number of carbonyl (C=O) groups is 1. The second kappa shape index (κ2) is 6.94. The third-order valence-electron chi connectivity index (χ3n) is 1.04. The van der Waals surface area contributed by atoms with Crippen LogP contribution in [0.5, 0.6) is 0 Å². The van der Waals surface area contributed by atoms with Crippen molar-refractivity contribution in [3.05, 3.63) is 23.6 Å². The Morgan fingerprint density at radius 3 is 2.83 bits per heavy atom. The van der Waals surface area contributed by atoms with Gasteiger partial charge in [0.1, 0.15) is 0 Å². The minimum absolute atomic E-state index is 0.0175. The van der Waals surface area contributed by atoms with Crippen molar-refractivity contribution in [2.45, 2.75) is 6.42 Å². The van der Waals surface area contributed by atoms with Crippen LogP contribution in [0.1, 0.15) is 6.42 Å². The molecule has 0 saturated carbocycles. The zero-order valence-corrected chi connectivity index (χ0v) is 7.76. The molecule has 0 spiro atoms. The van der Waals surface area contributed by atoms with Gasteiger partial charge in [-0.3, -0.25) is 0 Å². The summed E-state index contributed by atoms with van der Waals surface area (Å²) in [6, 6.07) is 0. The Balaban J connectivity index is 4.03. The molecule has 1 N–H and O–H groups in total. The molecule has 0 aliphatic rings. The van der Waals surface area contributed by atoms with Crippen LogP contribution in [0.15, 0.2) is 23.6 Å². The van der Waals surface area contributed by atoms with Crippen LogP contribution in [-0.4, -0.2) is 24.1 Å². The molecule has 0 bridgehead atoms. The van der Waals surface area contributed by atoms with Crippen LogP contribution in [0.3, 0.4) is 0 Å². The van der Waals surface area contributed by atoms with Gasteiger partial charge in [0.15, 0.2) is 0 Å². The predicted octanol–water partition coefficient (Wildman–Crippen LogP) is 1.94. The summed E-state index contributed by atoms with van der Waals surface area (Å²) < 4.78 is 4.44. The number of rotatable bonds is 4. The van der Waals surface area contributed by atoms with Gasteiger partial charge in [-0.05, 0) is 16.7 Å².